The van der Waals surface area contributed by atoms with Crippen LogP contribution in [0, 0.1) is 68.0 Å². The average Bonchev–Trinajstić information content (AvgIpc) is 3.37. The third-order valence-corrected chi connectivity index (χ3v) is 18.2. The van der Waals surface area contributed by atoms with Crippen molar-refractivity contribution in [1.82, 2.24) is 10.6 Å². The van der Waals surface area contributed by atoms with Crippen molar-refractivity contribution in [2.75, 3.05) is 19.6 Å². The van der Waals surface area contributed by atoms with Crippen molar-refractivity contribution in [2.45, 2.75) is 164 Å². The third kappa shape index (κ3) is 5.64. The van der Waals surface area contributed by atoms with Crippen LogP contribution in [0.2, 0.25) is 0 Å². The lowest BCUT2D eigenvalue weighted by atomic mass is 9.33. The number of carbonyl (C=O) groups excluding carboxylic acids is 2. The molecule has 7 nitrogen and oxygen atoms in total. The third-order valence-electron chi connectivity index (χ3n) is 18.2. The molecule has 0 radical (unpaired) electrons. The Morgan fingerprint density at radius 3 is 2.27 bits per heavy atom. The number of carbonyl (C=O) groups is 3. The average molecular weight is 721 g/mol. The molecule has 6 aliphatic carbocycles. The Hall–Kier alpha value is -1.73. The Balaban J connectivity index is 1.10. The number of ether oxygens (including phenoxy) is 1. The van der Waals surface area contributed by atoms with Crippen molar-refractivity contribution in [3.8, 4) is 0 Å². The number of carboxylic acid groups (broad SMARTS) is 1. The number of nitrogens with one attached hydrogen (secondary N) is 2. The Kier molecular flexibility index (Phi) is 9.78. The molecule has 11 atom stereocenters. The molecule has 6 fully saturated rings. The number of allylic oxidation sites excluding steroid dienone is 2. The van der Waals surface area contributed by atoms with Crippen molar-refractivity contribution in [2.24, 2.45) is 68.0 Å². The van der Waals surface area contributed by atoms with Gasteiger partial charge in [-0.15, -0.1) is 0 Å². The van der Waals surface area contributed by atoms with E-state index in [0.717, 1.165) is 58.2 Å². The minimum absolute atomic E-state index is 0.0154. The van der Waals surface area contributed by atoms with E-state index in [1.54, 1.807) is 5.57 Å². The largest absolute Gasteiger partial charge is 0.481 e. The molecule has 0 aromatic rings. The van der Waals surface area contributed by atoms with Crippen LogP contribution in [0.15, 0.2) is 11.1 Å². The van der Waals surface area contributed by atoms with E-state index in [4.69, 9.17) is 4.74 Å². The molecular weight excluding hydrogens is 649 g/mol. The smallest absolute Gasteiger partial charge is 0.309 e. The molecule has 3 N–H and O–H groups in total. The normalized spacial score (nSPS) is 45.0. The number of carboxylic acids is 1. The number of esters is 1. The summed E-state index contributed by atoms with van der Waals surface area (Å²) in [6.07, 6.45) is 14.9. The van der Waals surface area contributed by atoms with Gasteiger partial charge in [-0.3, -0.25) is 14.4 Å². The number of hydrogen-bond donors (Lipinski definition) is 3. The molecule has 1 aliphatic heterocycles. The van der Waals surface area contributed by atoms with Gasteiger partial charge in [0.1, 0.15) is 6.10 Å². The highest BCUT2D eigenvalue weighted by Crippen LogP contribution is 2.77. The number of Topliss-reactive ketones (excluding diaryl/α,β-unsaturated/α-hetero) is 1. The number of ketones is 1. The lowest BCUT2D eigenvalue weighted by molar-refractivity contribution is -0.236. The second kappa shape index (κ2) is 13.2. The standard InChI is InChI=1S/C45H72N2O5/c1-27(2)36-32(48)25-45(21-23-46-26-28-12-10-11-22-47-28)20-19-43(8)29(37(36)45)13-14-34-42(7)17-16-35(41(5,6)33(42)15-18-44(34,43)9)52-39(51)31-24-30(38(49)50)40(31,3)4/h27-31,33-35,46-47H,10-26H2,1-9H3,(H,49,50)/t28-,29+,30-,31+,33-,34+,35-,42-,43+,44+,45+/m0/s1. The van der Waals surface area contributed by atoms with Gasteiger partial charge in [-0.2, -0.15) is 0 Å². The number of fused-ring (bicyclic) bond motifs is 7. The van der Waals surface area contributed by atoms with Crippen LogP contribution in [0.3, 0.4) is 0 Å². The lowest BCUT2D eigenvalue weighted by Gasteiger charge is -2.72. The quantitative estimate of drug-likeness (QED) is 0.162. The summed E-state index contributed by atoms with van der Waals surface area (Å²) in [7, 11) is 0. The predicted molar refractivity (Wildman–Crippen MR) is 205 cm³/mol. The fourth-order valence-electron chi connectivity index (χ4n) is 14.9. The lowest BCUT2D eigenvalue weighted by Crippen LogP contribution is -2.66. The molecule has 5 saturated carbocycles. The van der Waals surface area contributed by atoms with Gasteiger partial charge in [-0.1, -0.05) is 74.3 Å². The number of piperidine rings is 1. The maximum absolute atomic E-state index is 14.0. The van der Waals surface area contributed by atoms with Crippen LogP contribution < -0.4 is 10.6 Å². The van der Waals surface area contributed by atoms with E-state index in [9.17, 15) is 19.5 Å². The van der Waals surface area contributed by atoms with Crippen LogP contribution in [0.5, 0.6) is 0 Å². The Morgan fingerprint density at radius 1 is 0.865 bits per heavy atom. The molecule has 7 aliphatic rings. The molecule has 1 saturated heterocycles. The van der Waals surface area contributed by atoms with Crippen LogP contribution in [-0.2, 0) is 19.1 Å². The molecule has 0 aromatic heterocycles. The second-order valence-corrected chi connectivity index (χ2v) is 21.4. The Labute approximate surface area is 315 Å². The van der Waals surface area contributed by atoms with E-state index in [1.165, 1.54) is 50.5 Å². The van der Waals surface area contributed by atoms with Gasteiger partial charge in [0, 0.05) is 29.8 Å². The van der Waals surface area contributed by atoms with E-state index < -0.39 is 17.3 Å². The van der Waals surface area contributed by atoms with Gasteiger partial charge in [0.2, 0.25) is 0 Å². The minimum atomic E-state index is -0.809. The van der Waals surface area contributed by atoms with Gasteiger partial charge < -0.3 is 20.5 Å². The van der Waals surface area contributed by atoms with Gasteiger partial charge in [0.05, 0.1) is 11.8 Å². The summed E-state index contributed by atoms with van der Waals surface area (Å²) in [6.45, 7) is 24.1. The minimum Gasteiger partial charge on any atom is -0.481 e. The number of aliphatic carboxylic acids is 1. The van der Waals surface area contributed by atoms with E-state index in [2.05, 4.69) is 59.1 Å². The van der Waals surface area contributed by atoms with E-state index in [0.29, 0.717) is 36.0 Å². The van der Waals surface area contributed by atoms with Crippen LogP contribution in [0.4, 0.5) is 0 Å². The molecule has 7 rings (SSSR count). The summed E-state index contributed by atoms with van der Waals surface area (Å²) < 4.78 is 6.43. The maximum Gasteiger partial charge on any atom is 0.309 e. The highest BCUT2D eigenvalue weighted by atomic mass is 16.5. The maximum atomic E-state index is 14.0. The molecule has 1 heterocycles. The first-order valence-corrected chi connectivity index (χ1v) is 21.5. The zero-order valence-corrected chi connectivity index (χ0v) is 34.2. The topological polar surface area (TPSA) is 105 Å². The van der Waals surface area contributed by atoms with Crippen molar-refractivity contribution >= 4 is 17.7 Å². The highest BCUT2D eigenvalue weighted by Gasteiger charge is 2.70. The SMILES string of the molecule is CC(C)C1=C2[C@H]3CC[C@@H]4[C@@]5(C)CC[C@H](OC(=O)[C@H]6C[C@@H](C(=O)O)C6(C)C)C(C)(C)[C@@H]5CC[C@@]4(C)[C@]3(C)CC[C@@]2(CCNC[C@@H]2CCCCN2)CC1=O. The molecule has 0 bridgehead atoms. The summed E-state index contributed by atoms with van der Waals surface area (Å²) in [4.78, 5) is 39.4. The molecule has 0 spiro atoms. The summed E-state index contributed by atoms with van der Waals surface area (Å²) in [5, 5.41) is 17.2. The summed E-state index contributed by atoms with van der Waals surface area (Å²) in [6, 6.07) is 0.577. The molecular formula is C45H72N2O5. The monoisotopic (exact) mass is 721 g/mol. The van der Waals surface area contributed by atoms with Gasteiger partial charge in [0.15, 0.2) is 5.78 Å². The first-order chi connectivity index (χ1) is 24.3. The zero-order valence-electron chi connectivity index (χ0n) is 34.2. The molecule has 0 unspecified atom stereocenters. The fourth-order valence-corrected chi connectivity index (χ4v) is 14.9. The second-order valence-electron chi connectivity index (χ2n) is 21.4. The van der Waals surface area contributed by atoms with Crippen molar-refractivity contribution < 1.29 is 24.2 Å². The molecule has 52 heavy (non-hydrogen) atoms. The number of hydrogen-bond acceptors (Lipinski definition) is 6. The van der Waals surface area contributed by atoms with Crippen molar-refractivity contribution in [1.29, 1.82) is 0 Å². The van der Waals surface area contributed by atoms with Gasteiger partial charge >= 0.3 is 11.9 Å². The molecule has 0 aromatic carbocycles. The van der Waals surface area contributed by atoms with E-state index in [-0.39, 0.29) is 51.0 Å². The molecule has 292 valence electrons. The first-order valence-electron chi connectivity index (χ1n) is 21.5. The first kappa shape index (κ1) is 38.5. The van der Waals surface area contributed by atoms with Crippen molar-refractivity contribution in [3.05, 3.63) is 11.1 Å². The predicted octanol–water partition coefficient (Wildman–Crippen LogP) is 8.75. The van der Waals surface area contributed by atoms with Crippen LogP contribution >= 0.6 is 0 Å². The van der Waals surface area contributed by atoms with Crippen LogP contribution in [0.25, 0.3) is 0 Å². The van der Waals surface area contributed by atoms with E-state index >= 15 is 0 Å². The summed E-state index contributed by atoms with van der Waals surface area (Å²) in [5.41, 5.74) is 2.55. The van der Waals surface area contributed by atoms with Gasteiger partial charge in [-0.05, 0) is 141 Å². The summed E-state index contributed by atoms with van der Waals surface area (Å²) >= 11 is 0. The number of rotatable bonds is 9. The van der Waals surface area contributed by atoms with E-state index in [1.807, 2.05) is 13.8 Å². The van der Waals surface area contributed by atoms with Crippen molar-refractivity contribution in [3.63, 3.8) is 0 Å². The van der Waals surface area contributed by atoms with Crippen LogP contribution in [0.1, 0.15) is 152 Å². The fraction of sp³-hybridized carbons (Fsp3) is 0.889. The Morgan fingerprint density at radius 2 is 1.62 bits per heavy atom. The van der Waals surface area contributed by atoms with Crippen LogP contribution in [-0.4, -0.2) is 54.6 Å². The molecule has 0 amide bonds. The van der Waals surface area contributed by atoms with Gasteiger partial charge in [0.25, 0.3) is 0 Å². The zero-order chi connectivity index (χ0) is 37.6. The van der Waals surface area contributed by atoms with Gasteiger partial charge in [-0.25, -0.2) is 0 Å². The summed E-state index contributed by atoms with van der Waals surface area (Å²) in [5.74, 6) is 0.386. The molecule has 7 heteroatoms. The Bertz CT molecular complexity index is 1480. The highest BCUT2D eigenvalue weighted by molar-refractivity contribution is 6.00.